The largest absolute Gasteiger partial charge is 0.497 e. The zero-order chi connectivity index (χ0) is 19.9. The average molecular weight is 402 g/mol. The molecule has 7 heteroatoms. The summed E-state index contributed by atoms with van der Waals surface area (Å²) in [6.07, 6.45) is 2.05. The van der Waals surface area contributed by atoms with Crippen LogP contribution in [-0.2, 0) is 16.1 Å². The van der Waals surface area contributed by atoms with Gasteiger partial charge in [-0.1, -0.05) is 12.1 Å². The van der Waals surface area contributed by atoms with E-state index in [0.717, 1.165) is 24.2 Å². The van der Waals surface area contributed by atoms with Crippen LogP contribution in [0.2, 0.25) is 0 Å². The zero-order valence-corrected chi connectivity index (χ0v) is 16.5. The number of hydrogen-bond donors (Lipinski definition) is 1. The minimum Gasteiger partial charge on any atom is -0.497 e. The van der Waals surface area contributed by atoms with Crippen LogP contribution in [0.25, 0.3) is 0 Å². The molecule has 2 amide bonds. The minimum atomic E-state index is -0.352. The summed E-state index contributed by atoms with van der Waals surface area (Å²) in [5.74, 6) is 0.689. The van der Waals surface area contributed by atoms with E-state index in [9.17, 15) is 14.0 Å². The van der Waals surface area contributed by atoms with E-state index >= 15 is 0 Å². The molecule has 0 saturated heterocycles. The molecule has 5 nitrogen and oxygen atoms in total. The fourth-order valence-corrected chi connectivity index (χ4v) is 3.48. The third kappa shape index (κ3) is 5.99. The van der Waals surface area contributed by atoms with Crippen molar-refractivity contribution in [1.29, 1.82) is 0 Å². The Morgan fingerprint density at radius 1 is 1.11 bits per heavy atom. The molecule has 28 heavy (non-hydrogen) atoms. The quantitative estimate of drug-likeness (QED) is 0.695. The highest BCUT2D eigenvalue weighted by molar-refractivity contribution is 8.00. The number of rotatable bonds is 9. The van der Waals surface area contributed by atoms with Crippen LogP contribution in [0.4, 0.5) is 10.1 Å². The van der Waals surface area contributed by atoms with Crippen molar-refractivity contribution in [3.8, 4) is 5.75 Å². The van der Waals surface area contributed by atoms with Crippen LogP contribution < -0.4 is 10.1 Å². The summed E-state index contributed by atoms with van der Waals surface area (Å²) in [7, 11) is 1.62. The normalized spacial score (nSPS) is 13.1. The molecule has 0 unspecified atom stereocenters. The van der Waals surface area contributed by atoms with E-state index in [1.165, 1.54) is 36.0 Å². The van der Waals surface area contributed by atoms with Crippen LogP contribution in [-0.4, -0.2) is 41.4 Å². The Hall–Kier alpha value is -2.54. The molecule has 1 saturated carbocycles. The molecule has 148 valence electrons. The molecule has 0 heterocycles. The zero-order valence-electron chi connectivity index (χ0n) is 15.7. The summed E-state index contributed by atoms with van der Waals surface area (Å²) in [4.78, 5) is 26.5. The fraction of sp³-hybridized carbons (Fsp3) is 0.333. The van der Waals surface area contributed by atoms with E-state index in [-0.39, 0.29) is 29.1 Å². The lowest BCUT2D eigenvalue weighted by atomic mass is 10.2. The van der Waals surface area contributed by atoms with Gasteiger partial charge in [0.25, 0.3) is 0 Å². The Balaban J connectivity index is 1.46. The van der Waals surface area contributed by atoms with Crippen molar-refractivity contribution >= 4 is 29.3 Å². The van der Waals surface area contributed by atoms with Crippen LogP contribution in [0.5, 0.6) is 5.75 Å². The summed E-state index contributed by atoms with van der Waals surface area (Å²) < 4.78 is 18.1. The number of amides is 2. The van der Waals surface area contributed by atoms with Crippen LogP contribution in [0.1, 0.15) is 18.4 Å². The van der Waals surface area contributed by atoms with Gasteiger partial charge in [0, 0.05) is 18.3 Å². The van der Waals surface area contributed by atoms with Gasteiger partial charge in [0.2, 0.25) is 11.8 Å². The van der Waals surface area contributed by atoms with Gasteiger partial charge < -0.3 is 15.0 Å². The number of carbonyl (C=O) groups excluding carboxylic acids is 2. The van der Waals surface area contributed by atoms with Gasteiger partial charge in [-0.3, -0.25) is 9.59 Å². The lowest BCUT2D eigenvalue weighted by Crippen LogP contribution is -2.34. The van der Waals surface area contributed by atoms with Crippen molar-refractivity contribution in [1.82, 2.24) is 4.90 Å². The summed E-state index contributed by atoms with van der Waals surface area (Å²) in [5.41, 5.74) is 1.59. The van der Waals surface area contributed by atoms with Gasteiger partial charge in [0.15, 0.2) is 0 Å². The molecule has 0 radical (unpaired) electrons. The average Bonchev–Trinajstić information content (AvgIpc) is 3.53. The summed E-state index contributed by atoms with van der Waals surface area (Å²) in [6.45, 7) is 0.565. The minimum absolute atomic E-state index is 0.0397. The predicted molar refractivity (Wildman–Crippen MR) is 109 cm³/mol. The molecule has 2 aromatic rings. The highest BCUT2D eigenvalue weighted by Gasteiger charge is 2.32. The Labute approximate surface area is 168 Å². The van der Waals surface area contributed by atoms with Gasteiger partial charge in [-0.15, -0.1) is 11.8 Å². The molecular formula is C21H23FN2O3S. The third-order valence-electron chi connectivity index (χ3n) is 4.41. The molecule has 0 spiro atoms. The number of nitrogens with zero attached hydrogens (tertiary/aromatic N) is 1. The molecule has 0 aliphatic heterocycles. The van der Waals surface area contributed by atoms with Gasteiger partial charge in [-0.25, -0.2) is 4.39 Å². The van der Waals surface area contributed by atoms with Crippen LogP contribution >= 0.6 is 11.8 Å². The summed E-state index contributed by atoms with van der Waals surface area (Å²) in [6, 6.07) is 13.6. The third-order valence-corrected chi connectivity index (χ3v) is 5.32. The number of carbonyl (C=O) groups is 2. The summed E-state index contributed by atoms with van der Waals surface area (Å²) >= 11 is 1.28. The highest BCUT2D eigenvalue weighted by Crippen LogP contribution is 2.29. The maximum Gasteiger partial charge on any atom is 0.234 e. The van der Waals surface area contributed by atoms with Crippen molar-refractivity contribution in [3.63, 3.8) is 0 Å². The Morgan fingerprint density at radius 2 is 1.79 bits per heavy atom. The van der Waals surface area contributed by atoms with Gasteiger partial charge in [0.05, 0.1) is 18.6 Å². The molecule has 3 rings (SSSR count). The number of halogens is 1. The Bertz CT molecular complexity index is 807. The highest BCUT2D eigenvalue weighted by atomic mass is 32.2. The van der Waals surface area contributed by atoms with Gasteiger partial charge in [-0.2, -0.15) is 0 Å². The number of anilines is 1. The smallest absolute Gasteiger partial charge is 0.234 e. The number of hydrogen-bond acceptors (Lipinski definition) is 4. The van der Waals surface area contributed by atoms with Crippen molar-refractivity contribution < 1.29 is 18.7 Å². The number of ether oxygens (including phenoxy) is 1. The monoisotopic (exact) mass is 402 g/mol. The standard InChI is InChI=1S/C21H23FN2O3S/c1-27-19-10-2-15(3-11-19)12-24(18-8-9-18)21(26)14-28-13-20(25)23-17-6-4-16(22)5-7-17/h2-7,10-11,18H,8-9,12-14H2,1H3,(H,23,25). The van der Waals surface area contributed by atoms with Crippen molar-refractivity contribution in [2.45, 2.75) is 25.4 Å². The van der Waals surface area contributed by atoms with E-state index in [0.29, 0.717) is 18.3 Å². The van der Waals surface area contributed by atoms with Crippen LogP contribution in [0.3, 0.4) is 0 Å². The number of thioether (sulfide) groups is 1. The summed E-state index contributed by atoms with van der Waals surface area (Å²) in [5, 5.41) is 2.69. The predicted octanol–water partition coefficient (Wildman–Crippen LogP) is 3.70. The Morgan fingerprint density at radius 3 is 2.39 bits per heavy atom. The van der Waals surface area contributed by atoms with E-state index in [1.807, 2.05) is 29.2 Å². The first-order valence-corrected chi connectivity index (χ1v) is 10.3. The van der Waals surface area contributed by atoms with E-state index in [2.05, 4.69) is 5.32 Å². The maximum absolute atomic E-state index is 12.9. The van der Waals surface area contributed by atoms with Crippen LogP contribution in [0, 0.1) is 5.82 Å². The first-order valence-electron chi connectivity index (χ1n) is 9.10. The molecule has 0 atom stereocenters. The maximum atomic E-state index is 12.9. The first kappa shape index (κ1) is 20.2. The second kappa shape index (κ2) is 9.59. The fourth-order valence-electron chi connectivity index (χ4n) is 2.78. The molecule has 0 bridgehead atoms. The Kier molecular flexibility index (Phi) is 6.92. The van der Waals surface area contributed by atoms with Crippen molar-refractivity contribution in [3.05, 3.63) is 59.9 Å². The van der Waals surface area contributed by atoms with E-state index in [4.69, 9.17) is 4.74 Å². The van der Waals surface area contributed by atoms with Gasteiger partial charge in [-0.05, 0) is 54.8 Å². The molecule has 1 aliphatic rings. The van der Waals surface area contributed by atoms with Crippen molar-refractivity contribution in [2.75, 3.05) is 23.9 Å². The topological polar surface area (TPSA) is 58.6 Å². The second-order valence-electron chi connectivity index (χ2n) is 6.65. The molecule has 1 fully saturated rings. The van der Waals surface area contributed by atoms with Crippen molar-refractivity contribution in [2.24, 2.45) is 0 Å². The molecule has 0 aromatic heterocycles. The molecule has 2 aromatic carbocycles. The second-order valence-corrected chi connectivity index (χ2v) is 7.63. The number of benzene rings is 2. The first-order chi connectivity index (χ1) is 13.5. The van der Waals surface area contributed by atoms with E-state index in [1.54, 1.807) is 7.11 Å². The van der Waals surface area contributed by atoms with Crippen LogP contribution in [0.15, 0.2) is 48.5 Å². The lowest BCUT2D eigenvalue weighted by molar-refractivity contribution is -0.129. The number of methoxy groups -OCH3 is 1. The molecule has 1 aliphatic carbocycles. The van der Waals surface area contributed by atoms with Gasteiger partial charge >= 0.3 is 0 Å². The SMILES string of the molecule is COc1ccc(CN(C(=O)CSCC(=O)Nc2ccc(F)cc2)C2CC2)cc1. The van der Waals surface area contributed by atoms with Gasteiger partial charge in [0.1, 0.15) is 11.6 Å². The molecule has 1 N–H and O–H groups in total. The lowest BCUT2D eigenvalue weighted by Gasteiger charge is -2.22. The van der Waals surface area contributed by atoms with E-state index < -0.39 is 0 Å². The number of nitrogens with one attached hydrogen (secondary N) is 1. The molecular weight excluding hydrogens is 379 g/mol.